The van der Waals surface area contributed by atoms with Gasteiger partial charge < -0.3 is 19.4 Å². The van der Waals surface area contributed by atoms with Crippen LogP contribution in [0.5, 0.6) is 11.5 Å². The number of pyridine rings is 1. The first-order valence-electron chi connectivity index (χ1n) is 11.3. The minimum atomic E-state index is -4.20. The zero-order valence-electron chi connectivity index (χ0n) is 21.0. The van der Waals surface area contributed by atoms with E-state index in [1.165, 1.54) is 25.7 Å². The number of hydrogen-bond acceptors (Lipinski definition) is 10. The molecular formula is C24H28N6O6S. The van der Waals surface area contributed by atoms with Crippen molar-refractivity contribution in [3.05, 3.63) is 65.8 Å². The van der Waals surface area contributed by atoms with Crippen LogP contribution in [0.25, 0.3) is 17.1 Å². The molecule has 0 spiro atoms. The molecule has 0 saturated heterocycles. The summed E-state index contributed by atoms with van der Waals surface area (Å²) < 4.78 is 41.9. The smallest absolute Gasteiger partial charge is 0.243 e. The van der Waals surface area contributed by atoms with Crippen molar-refractivity contribution < 1.29 is 27.8 Å². The number of ether oxygens (including phenoxy) is 2. The zero-order chi connectivity index (χ0) is 26.7. The van der Waals surface area contributed by atoms with Crippen LogP contribution in [0, 0.1) is 6.92 Å². The summed E-state index contributed by atoms with van der Waals surface area (Å²) in [6, 6.07) is 7.00. The molecule has 1 aromatic carbocycles. The lowest BCUT2D eigenvalue weighted by atomic mass is 10.2. The molecular weight excluding hydrogens is 500 g/mol. The maximum atomic E-state index is 13.4. The van der Waals surface area contributed by atoms with Crippen molar-refractivity contribution in [1.29, 1.82) is 0 Å². The molecule has 1 aliphatic rings. The van der Waals surface area contributed by atoms with Gasteiger partial charge in [0.15, 0.2) is 5.82 Å². The number of aliphatic hydroxyl groups excluding tert-OH is 1. The SMILES string of the molecule is COc1cccc(OC)c1-n1c(NS(=O)(=O)[C@H](C)[C@@H](O)C2=CC=C(C)ON2)nnc1-c1cncc(C)c1. The largest absolute Gasteiger partial charge is 0.494 e. The fourth-order valence-electron chi connectivity index (χ4n) is 3.69. The number of hydrogen-bond donors (Lipinski definition) is 3. The monoisotopic (exact) mass is 528 g/mol. The average molecular weight is 529 g/mol. The number of sulfonamides is 1. The number of para-hydroxylation sites is 1. The Morgan fingerprint density at radius 1 is 1.11 bits per heavy atom. The molecule has 0 amide bonds. The van der Waals surface area contributed by atoms with Gasteiger partial charge in [-0.2, -0.15) is 0 Å². The second-order valence-corrected chi connectivity index (χ2v) is 10.4. The predicted octanol–water partition coefficient (Wildman–Crippen LogP) is 2.47. The Balaban J connectivity index is 1.82. The number of methoxy groups -OCH3 is 2. The van der Waals surface area contributed by atoms with E-state index in [-0.39, 0.29) is 11.6 Å². The van der Waals surface area contributed by atoms with Gasteiger partial charge in [0, 0.05) is 18.0 Å². The van der Waals surface area contributed by atoms with E-state index in [0.29, 0.717) is 34.3 Å². The lowest BCUT2D eigenvalue weighted by molar-refractivity contribution is 0.0914. The van der Waals surface area contributed by atoms with Crippen LogP contribution in [-0.2, 0) is 14.9 Å². The number of nitrogens with one attached hydrogen (secondary N) is 2. The number of anilines is 1. The van der Waals surface area contributed by atoms with Crippen LogP contribution in [0.2, 0.25) is 0 Å². The summed E-state index contributed by atoms with van der Waals surface area (Å²) in [6.45, 7) is 4.97. The standard InChI is InChI=1S/C24H28N6O6S/c1-14-11-17(13-25-12-14)23-26-27-24(30(23)21-19(34-4)7-6-8-20(21)35-5)29-37(32,33)16(3)22(31)18-10-9-15(2)36-28-18/h6-13,16,22,28,31H,1-5H3,(H,27,29)/t16-,22-/m1/s1. The highest BCUT2D eigenvalue weighted by Crippen LogP contribution is 2.38. The van der Waals surface area contributed by atoms with E-state index in [0.717, 1.165) is 5.56 Å². The predicted molar refractivity (Wildman–Crippen MR) is 137 cm³/mol. The minimum Gasteiger partial charge on any atom is -0.494 e. The summed E-state index contributed by atoms with van der Waals surface area (Å²) in [4.78, 5) is 9.42. The van der Waals surface area contributed by atoms with Crippen LogP contribution >= 0.6 is 0 Å². The molecule has 0 saturated carbocycles. The maximum Gasteiger partial charge on any atom is 0.243 e. The summed E-state index contributed by atoms with van der Waals surface area (Å²) in [5.74, 6) is 1.53. The fourth-order valence-corrected chi connectivity index (χ4v) is 4.75. The second-order valence-electron chi connectivity index (χ2n) is 8.35. The normalized spacial score (nSPS) is 15.0. The van der Waals surface area contributed by atoms with E-state index >= 15 is 0 Å². The number of allylic oxidation sites excluding steroid dienone is 3. The molecule has 0 radical (unpaired) electrons. The van der Waals surface area contributed by atoms with Crippen LogP contribution in [-0.4, -0.2) is 58.8 Å². The molecule has 0 fully saturated rings. The third-order valence-corrected chi connectivity index (χ3v) is 7.44. The van der Waals surface area contributed by atoms with Crippen molar-refractivity contribution in [3.8, 4) is 28.6 Å². The second kappa shape index (κ2) is 10.5. The highest BCUT2D eigenvalue weighted by Gasteiger charge is 2.34. The third kappa shape index (κ3) is 5.22. The number of hydroxylamine groups is 1. The van der Waals surface area contributed by atoms with Crippen LogP contribution in [0.4, 0.5) is 5.95 Å². The molecule has 0 unspecified atom stereocenters. The van der Waals surface area contributed by atoms with E-state index < -0.39 is 21.4 Å². The molecule has 2 aromatic heterocycles. The van der Waals surface area contributed by atoms with Crippen LogP contribution in [0.3, 0.4) is 0 Å². The minimum absolute atomic E-state index is 0.129. The number of nitrogens with zero attached hydrogens (tertiary/aromatic N) is 4. The first kappa shape index (κ1) is 26.0. The van der Waals surface area contributed by atoms with Gasteiger partial charge in [0.05, 0.1) is 19.9 Å². The summed E-state index contributed by atoms with van der Waals surface area (Å²) >= 11 is 0. The highest BCUT2D eigenvalue weighted by molar-refractivity contribution is 7.93. The molecule has 0 bridgehead atoms. The van der Waals surface area contributed by atoms with Gasteiger partial charge in [-0.05, 0) is 56.7 Å². The molecule has 37 heavy (non-hydrogen) atoms. The van der Waals surface area contributed by atoms with E-state index in [9.17, 15) is 13.5 Å². The number of aryl methyl sites for hydroxylation is 1. The van der Waals surface area contributed by atoms with Gasteiger partial charge in [-0.15, -0.1) is 10.2 Å². The van der Waals surface area contributed by atoms with Crippen molar-refractivity contribution in [1.82, 2.24) is 25.2 Å². The summed E-state index contributed by atoms with van der Waals surface area (Å²) in [5.41, 5.74) is 4.60. The molecule has 3 heterocycles. The van der Waals surface area contributed by atoms with E-state index in [2.05, 4.69) is 25.4 Å². The molecule has 12 nitrogen and oxygen atoms in total. The van der Waals surface area contributed by atoms with Gasteiger partial charge in [0.1, 0.15) is 34.3 Å². The highest BCUT2D eigenvalue weighted by atomic mass is 32.2. The molecule has 196 valence electrons. The Labute approximate surface area is 214 Å². The average Bonchev–Trinajstić information content (AvgIpc) is 3.29. The third-order valence-electron chi connectivity index (χ3n) is 5.74. The van der Waals surface area contributed by atoms with Gasteiger partial charge in [0.25, 0.3) is 0 Å². The molecule has 13 heteroatoms. The fraction of sp³-hybridized carbons (Fsp3) is 0.292. The Bertz CT molecular complexity index is 1440. The summed E-state index contributed by atoms with van der Waals surface area (Å²) in [6.07, 6.45) is 5.04. The maximum absolute atomic E-state index is 13.4. The Kier molecular flexibility index (Phi) is 7.36. The lowest BCUT2D eigenvalue weighted by Crippen LogP contribution is -2.41. The van der Waals surface area contributed by atoms with Crippen molar-refractivity contribution in [2.24, 2.45) is 0 Å². The van der Waals surface area contributed by atoms with Gasteiger partial charge in [-0.25, -0.2) is 13.9 Å². The first-order valence-corrected chi connectivity index (χ1v) is 12.8. The van der Waals surface area contributed by atoms with E-state index in [4.69, 9.17) is 14.3 Å². The van der Waals surface area contributed by atoms with Gasteiger partial charge in [-0.3, -0.25) is 14.3 Å². The summed E-state index contributed by atoms with van der Waals surface area (Å²) in [7, 11) is -1.22. The number of aromatic nitrogens is 4. The van der Waals surface area contributed by atoms with Gasteiger partial charge in [0.2, 0.25) is 16.0 Å². The zero-order valence-corrected chi connectivity index (χ0v) is 21.8. The van der Waals surface area contributed by atoms with Gasteiger partial charge >= 0.3 is 0 Å². The van der Waals surface area contributed by atoms with Gasteiger partial charge in [-0.1, -0.05) is 6.07 Å². The van der Waals surface area contributed by atoms with Crippen molar-refractivity contribution in [2.75, 3.05) is 18.9 Å². The summed E-state index contributed by atoms with van der Waals surface area (Å²) in [5, 5.41) is 17.9. The number of rotatable bonds is 9. The molecule has 3 N–H and O–H groups in total. The topological polar surface area (TPSA) is 150 Å². The van der Waals surface area contributed by atoms with Crippen molar-refractivity contribution >= 4 is 16.0 Å². The van der Waals surface area contributed by atoms with E-state index in [1.807, 2.05) is 13.0 Å². The van der Waals surface area contributed by atoms with Crippen molar-refractivity contribution in [2.45, 2.75) is 32.1 Å². The Morgan fingerprint density at radius 2 is 1.81 bits per heavy atom. The van der Waals surface area contributed by atoms with Crippen LogP contribution in [0.1, 0.15) is 19.4 Å². The molecule has 0 aliphatic carbocycles. The Morgan fingerprint density at radius 3 is 2.41 bits per heavy atom. The van der Waals surface area contributed by atoms with Crippen LogP contribution in [0.15, 0.2) is 60.3 Å². The number of benzene rings is 1. The van der Waals surface area contributed by atoms with Crippen molar-refractivity contribution in [3.63, 3.8) is 0 Å². The lowest BCUT2D eigenvalue weighted by Gasteiger charge is -2.25. The molecule has 4 rings (SSSR count). The number of aliphatic hydroxyl groups is 1. The van der Waals surface area contributed by atoms with Crippen LogP contribution < -0.4 is 19.7 Å². The Hall–Kier alpha value is -4.10. The molecule has 3 aromatic rings. The quantitative estimate of drug-likeness (QED) is 0.378. The first-order chi connectivity index (χ1) is 17.7. The molecule has 1 aliphatic heterocycles. The van der Waals surface area contributed by atoms with E-state index in [1.54, 1.807) is 49.7 Å². The molecule has 2 atom stereocenters.